The van der Waals surface area contributed by atoms with Crippen molar-refractivity contribution in [3.63, 3.8) is 0 Å². The normalized spacial score (nSPS) is 17.9. The molecule has 3 heterocycles. The van der Waals surface area contributed by atoms with Gasteiger partial charge in [0.1, 0.15) is 16.9 Å². The summed E-state index contributed by atoms with van der Waals surface area (Å²) in [5, 5.41) is 0. The number of rotatable bonds is 1. The fourth-order valence-electron chi connectivity index (χ4n) is 3.76. The first-order chi connectivity index (χ1) is 12.8. The molecule has 27 heavy (non-hydrogen) atoms. The van der Waals surface area contributed by atoms with Crippen LogP contribution < -0.4 is 10.6 Å². The van der Waals surface area contributed by atoms with Crippen molar-refractivity contribution in [1.82, 2.24) is 14.9 Å². The molecule has 2 aromatic heterocycles. The Morgan fingerprint density at radius 2 is 1.81 bits per heavy atom. The van der Waals surface area contributed by atoms with Gasteiger partial charge in [0.25, 0.3) is 0 Å². The van der Waals surface area contributed by atoms with Gasteiger partial charge in [-0.3, -0.25) is 0 Å². The molecule has 2 aliphatic rings. The minimum Gasteiger partial charge on any atom is -0.455 e. The van der Waals surface area contributed by atoms with E-state index < -0.39 is 5.60 Å². The Kier molecular flexibility index (Phi) is 4.36. The van der Waals surface area contributed by atoms with Crippen LogP contribution >= 0.6 is 0 Å². The third-order valence-electron chi connectivity index (χ3n) is 5.02. The topological polar surface area (TPSA) is 97.7 Å². The van der Waals surface area contributed by atoms with Gasteiger partial charge in [-0.25, -0.2) is 9.78 Å². The number of aromatic nitrogens is 2. The van der Waals surface area contributed by atoms with E-state index in [1.54, 1.807) is 4.90 Å². The number of furan rings is 1. The number of piperazine rings is 1. The molecule has 2 aromatic rings. The van der Waals surface area contributed by atoms with Gasteiger partial charge >= 0.3 is 6.09 Å². The lowest BCUT2D eigenvalue weighted by molar-refractivity contribution is 0.0240. The minimum absolute atomic E-state index is 0.265. The maximum atomic E-state index is 12.3. The monoisotopic (exact) mass is 373 g/mol. The Labute approximate surface area is 158 Å². The predicted molar refractivity (Wildman–Crippen MR) is 103 cm³/mol. The van der Waals surface area contributed by atoms with Gasteiger partial charge in [0.2, 0.25) is 5.95 Å². The highest BCUT2D eigenvalue weighted by molar-refractivity contribution is 5.89. The lowest BCUT2D eigenvalue weighted by Gasteiger charge is -2.36. The molecule has 1 aliphatic heterocycles. The summed E-state index contributed by atoms with van der Waals surface area (Å²) in [5.41, 5.74) is 8.25. The van der Waals surface area contributed by atoms with Crippen molar-refractivity contribution in [3.8, 4) is 0 Å². The van der Waals surface area contributed by atoms with Crippen LogP contribution in [0.3, 0.4) is 0 Å². The average molecular weight is 373 g/mol. The van der Waals surface area contributed by atoms with E-state index in [-0.39, 0.29) is 12.0 Å². The lowest BCUT2D eigenvalue weighted by Crippen LogP contribution is -2.50. The molecule has 1 fully saturated rings. The Balaban J connectivity index is 1.56. The first-order valence-electron chi connectivity index (χ1n) is 9.62. The molecule has 8 heteroatoms. The van der Waals surface area contributed by atoms with Gasteiger partial charge in [0.05, 0.1) is 0 Å². The van der Waals surface area contributed by atoms with Crippen LogP contribution in [0.4, 0.5) is 16.6 Å². The van der Waals surface area contributed by atoms with E-state index in [1.807, 2.05) is 20.8 Å². The van der Waals surface area contributed by atoms with Crippen LogP contribution in [0.15, 0.2) is 4.42 Å². The number of hydrogen-bond acceptors (Lipinski definition) is 7. The van der Waals surface area contributed by atoms with Crippen molar-refractivity contribution in [1.29, 1.82) is 0 Å². The number of fused-ring (bicyclic) bond motifs is 3. The van der Waals surface area contributed by atoms with Crippen molar-refractivity contribution >= 4 is 29.0 Å². The maximum Gasteiger partial charge on any atom is 0.410 e. The molecule has 0 unspecified atom stereocenters. The zero-order valence-corrected chi connectivity index (χ0v) is 16.2. The zero-order chi connectivity index (χ0) is 19.2. The molecular formula is C19H27N5O3. The van der Waals surface area contributed by atoms with Crippen molar-refractivity contribution in [2.75, 3.05) is 36.8 Å². The predicted octanol–water partition coefficient (Wildman–Crippen LogP) is 2.74. The molecule has 0 radical (unpaired) electrons. The molecule has 146 valence electrons. The van der Waals surface area contributed by atoms with Gasteiger partial charge in [-0.1, -0.05) is 0 Å². The van der Waals surface area contributed by atoms with Gasteiger partial charge in [0, 0.05) is 38.2 Å². The molecule has 2 N–H and O–H groups in total. The van der Waals surface area contributed by atoms with Crippen LogP contribution in [-0.4, -0.2) is 52.7 Å². The van der Waals surface area contributed by atoms with Crippen molar-refractivity contribution in [2.45, 2.75) is 52.1 Å². The van der Waals surface area contributed by atoms with E-state index in [4.69, 9.17) is 14.9 Å². The Morgan fingerprint density at radius 1 is 1.11 bits per heavy atom. The Hall–Kier alpha value is -2.51. The first kappa shape index (κ1) is 17.9. The summed E-state index contributed by atoms with van der Waals surface area (Å²) in [4.78, 5) is 25.0. The van der Waals surface area contributed by atoms with Crippen LogP contribution in [0.1, 0.15) is 44.9 Å². The number of hydrogen-bond donors (Lipinski definition) is 1. The zero-order valence-electron chi connectivity index (χ0n) is 16.2. The highest BCUT2D eigenvalue weighted by atomic mass is 16.6. The third-order valence-corrected chi connectivity index (χ3v) is 5.02. The van der Waals surface area contributed by atoms with Crippen molar-refractivity contribution in [3.05, 3.63) is 11.3 Å². The second-order valence-corrected chi connectivity index (χ2v) is 8.25. The number of carbonyl (C=O) groups is 1. The highest BCUT2D eigenvalue weighted by Gasteiger charge is 2.29. The molecule has 0 bridgehead atoms. The Bertz CT molecular complexity index is 862. The summed E-state index contributed by atoms with van der Waals surface area (Å²) in [6, 6.07) is 0. The number of ether oxygens (including phenoxy) is 1. The number of nitrogens with two attached hydrogens (primary N) is 1. The maximum absolute atomic E-state index is 12.3. The summed E-state index contributed by atoms with van der Waals surface area (Å²) in [6.07, 6.45) is 3.93. The van der Waals surface area contributed by atoms with Crippen LogP contribution in [0.2, 0.25) is 0 Å². The second-order valence-electron chi connectivity index (χ2n) is 8.25. The number of amides is 1. The molecule has 0 atom stereocenters. The van der Waals surface area contributed by atoms with Crippen molar-refractivity contribution < 1.29 is 13.9 Å². The smallest absolute Gasteiger partial charge is 0.410 e. The van der Waals surface area contributed by atoms with Crippen LogP contribution in [0, 0.1) is 0 Å². The molecule has 0 aromatic carbocycles. The van der Waals surface area contributed by atoms with Gasteiger partial charge in [-0.2, -0.15) is 4.98 Å². The molecule has 4 rings (SSSR count). The summed E-state index contributed by atoms with van der Waals surface area (Å²) in [5.74, 6) is 2.02. The summed E-state index contributed by atoms with van der Waals surface area (Å²) in [7, 11) is 0. The van der Waals surface area contributed by atoms with Gasteiger partial charge in [0.15, 0.2) is 11.4 Å². The van der Waals surface area contributed by atoms with Crippen LogP contribution in [0.25, 0.3) is 11.1 Å². The summed E-state index contributed by atoms with van der Waals surface area (Å²) in [6.45, 7) is 8.06. The van der Waals surface area contributed by atoms with Gasteiger partial charge in [-0.15, -0.1) is 0 Å². The molecular weight excluding hydrogens is 346 g/mol. The molecule has 0 saturated carbocycles. The van der Waals surface area contributed by atoms with Crippen molar-refractivity contribution in [2.24, 2.45) is 0 Å². The summed E-state index contributed by atoms with van der Waals surface area (Å²) >= 11 is 0. The van der Waals surface area contributed by atoms with E-state index in [9.17, 15) is 4.79 Å². The van der Waals surface area contributed by atoms with Gasteiger partial charge in [-0.05, 0) is 40.0 Å². The third kappa shape index (κ3) is 3.52. The number of nitrogens with zero attached hydrogens (tertiary/aromatic N) is 4. The van der Waals surface area contributed by atoms with E-state index in [0.29, 0.717) is 26.2 Å². The summed E-state index contributed by atoms with van der Waals surface area (Å²) < 4.78 is 11.6. The Morgan fingerprint density at radius 3 is 2.52 bits per heavy atom. The molecule has 1 saturated heterocycles. The van der Waals surface area contributed by atoms with E-state index in [0.717, 1.165) is 48.4 Å². The molecule has 8 nitrogen and oxygen atoms in total. The quantitative estimate of drug-likeness (QED) is 0.821. The first-order valence-corrected chi connectivity index (χ1v) is 9.62. The average Bonchev–Trinajstić information content (AvgIpc) is 2.98. The SMILES string of the molecule is CC(C)(C)OC(=O)N1CCN(c2nc(N)nc3c4c(oc23)CCCC4)CC1. The van der Waals surface area contributed by atoms with Crippen LogP contribution in [0.5, 0.6) is 0 Å². The molecule has 1 aliphatic carbocycles. The van der Waals surface area contributed by atoms with E-state index in [2.05, 4.69) is 14.9 Å². The van der Waals surface area contributed by atoms with E-state index >= 15 is 0 Å². The highest BCUT2D eigenvalue weighted by Crippen LogP contribution is 2.35. The minimum atomic E-state index is -0.491. The fraction of sp³-hybridized carbons (Fsp3) is 0.632. The second kappa shape index (κ2) is 6.58. The standard InChI is InChI=1S/C19H27N5O3/c1-19(2,3)27-18(25)24-10-8-23(9-11-24)16-15-14(21-17(20)22-16)12-6-4-5-7-13(12)26-15/h4-11H2,1-3H3,(H2,20,21,22). The molecule has 0 spiro atoms. The number of carbonyl (C=O) groups excluding carboxylic acids is 1. The number of aryl methyl sites for hydroxylation is 2. The van der Waals surface area contributed by atoms with Gasteiger partial charge < -0.3 is 24.7 Å². The van der Waals surface area contributed by atoms with Crippen LogP contribution in [-0.2, 0) is 17.6 Å². The molecule has 1 amide bonds. The fourth-order valence-corrected chi connectivity index (χ4v) is 3.76. The van der Waals surface area contributed by atoms with E-state index in [1.165, 1.54) is 5.56 Å². The lowest BCUT2D eigenvalue weighted by atomic mass is 9.98. The number of nitrogen functional groups attached to an aromatic ring is 1. The largest absolute Gasteiger partial charge is 0.455 e. The number of anilines is 2.